The lowest BCUT2D eigenvalue weighted by Gasteiger charge is -2.45. The number of sulfone groups is 2. The second-order valence-corrected chi connectivity index (χ2v) is 11.3. The molecule has 0 radical (unpaired) electrons. The second-order valence-electron chi connectivity index (χ2n) is 6.97. The van der Waals surface area contributed by atoms with Crippen LogP contribution in [0.4, 0.5) is 4.39 Å². The molecule has 132 valence electrons. The smallest absolute Gasteiger partial charge is 0.153 e. The Morgan fingerprint density at radius 3 is 2.12 bits per heavy atom. The third-order valence-electron chi connectivity index (χ3n) is 5.18. The van der Waals surface area contributed by atoms with Crippen LogP contribution < -0.4 is 5.32 Å². The van der Waals surface area contributed by atoms with Gasteiger partial charge in [-0.1, -0.05) is 12.1 Å². The van der Waals surface area contributed by atoms with Crippen molar-refractivity contribution in [3.63, 3.8) is 0 Å². The molecule has 9 heteroatoms. The molecule has 3 aliphatic heterocycles. The van der Waals surface area contributed by atoms with E-state index < -0.39 is 19.7 Å². The first-order chi connectivity index (χ1) is 11.2. The van der Waals surface area contributed by atoms with E-state index in [4.69, 9.17) is 0 Å². The Balaban J connectivity index is 1.69. The number of benzene rings is 1. The van der Waals surface area contributed by atoms with Gasteiger partial charge in [0.15, 0.2) is 19.7 Å². The van der Waals surface area contributed by atoms with Crippen LogP contribution in [0.2, 0.25) is 0 Å². The van der Waals surface area contributed by atoms with Crippen molar-refractivity contribution in [2.75, 3.05) is 23.0 Å². The number of hydrogen-bond donors (Lipinski definition) is 1. The summed E-state index contributed by atoms with van der Waals surface area (Å²) >= 11 is 0. The molecule has 1 N–H and O–H groups in total. The van der Waals surface area contributed by atoms with E-state index >= 15 is 0 Å². The van der Waals surface area contributed by atoms with Gasteiger partial charge in [0.05, 0.1) is 23.0 Å². The molecule has 3 aliphatic rings. The Bertz CT molecular complexity index is 823. The molecule has 4 rings (SSSR count). The highest BCUT2D eigenvalue weighted by Crippen LogP contribution is 2.32. The molecular weight excluding hydrogens is 355 g/mol. The van der Waals surface area contributed by atoms with Crippen molar-refractivity contribution in [2.45, 2.75) is 30.7 Å². The molecule has 0 saturated carbocycles. The van der Waals surface area contributed by atoms with Crippen LogP contribution in [-0.4, -0.2) is 68.9 Å². The maximum atomic E-state index is 13.5. The fourth-order valence-corrected chi connectivity index (χ4v) is 8.12. The van der Waals surface area contributed by atoms with Crippen LogP contribution in [0.15, 0.2) is 24.3 Å². The van der Waals surface area contributed by atoms with Gasteiger partial charge in [0.1, 0.15) is 5.82 Å². The van der Waals surface area contributed by atoms with E-state index in [2.05, 4.69) is 5.32 Å². The number of piperazine rings is 1. The Labute approximate surface area is 140 Å². The quantitative estimate of drug-likeness (QED) is 0.756. The fraction of sp³-hybridized carbons (Fsp3) is 0.600. The van der Waals surface area contributed by atoms with E-state index in [-0.39, 0.29) is 53.0 Å². The molecule has 1 aromatic carbocycles. The van der Waals surface area contributed by atoms with E-state index in [1.54, 1.807) is 12.1 Å². The highest BCUT2D eigenvalue weighted by atomic mass is 32.2. The van der Waals surface area contributed by atoms with E-state index in [9.17, 15) is 21.2 Å². The lowest BCUT2D eigenvalue weighted by atomic mass is 9.96. The van der Waals surface area contributed by atoms with Crippen molar-refractivity contribution in [3.05, 3.63) is 35.6 Å². The normalized spacial score (nSPS) is 37.0. The molecule has 0 bridgehead atoms. The third-order valence-corrected chi connectivity index (χ3v) is 8.61. The Morgan fingerprint density at radius 1 is 1.00 bits per heavy atom. The molecule has 0 aliphatic carbocycles. The van der Waals surface area contributed by atoms with Gasteiger partial charge in [0.25, 0.3) is 0 Å². The fourth-order valence-electron chi connectivity index (χ4n) is 4.23. The minimum Gasteiger partial charge on any atom is -0.306 e. The lowest BCUT2D eigenvalue weighted by Crippen LogP contribution is -2.66. The third kappa shape index (κ3) is 2.98. The predicted octanol–water partition coefficient (Wildman–Crippen LogP) is -0.438. The average molecular weight is 374 g/mol. The molecule has 3 heterocycles. The standard InChI is InChI=1S/C15H19FN2O4S2/c16-11-3-1-2-10(4-11)5-18-14-8-23(19,20)6-12(14)17-13-7-24(21,22)9-15(13)18/h1-4,12-15,17H,5-9H2/t12-,13+,14-,15-/m1/s1. The number of halogens is 1. The van der Waals surface area contributed by atoms with Gasteiger partial charge in [-0.25, -0.2) is 21.2 Å². The summed E-state index contributed by atoms with van der Waals surface area (Å²) in [6, 6.07) is 5.09. The van der Waals surface area contributed by atoms with Gasteiger partial charge in [0, 0.05) is 30.7 Å². The van der Waals surface area contributed by atoms with E-state index in [1.165, 1.54) is 12.1 Å². The van der Waals surface area contributed by atoms with Crippen LogP contribution in [0.1, 0.15) is 5.56 Å². The van der Waals surface area contributed by atoms with Crippen LogP contribution in [0.25, 0.3) is 0 Å². The van der Waals surface area contributed by atoms with Crippen molar-refractivity contribution in [2.24, 2.45) is 0 Å². The highest BCUT2D eigenvalue weighted by Gasteiger charge is 2.53. The molecule has 4 atom stereocenters. The summed E-state index contributed by atoms with van der Waals surface area (Å²) < 4.78 is 61.7. The monoisotopic (exact) mass is 374 g/mol. The van der Waals surface area contributed by atoms with Gasteiger partial charge in [-0.15, -0.1) is 0 Å². The molecule has 3 fully saturated rings. The predicted molar refractivity (Wildman–Crippen MR) is 87.5 cm³/mol. The summed E-state index contributed by atoms with van der Waals surface area (Å²) in [7, 11) is -6.30. The summed E-state index contributed by atoms with van der Waals surface area (Å²) in [5, 5.41) is 3.24. The van der Waals surface area contributed by atoms with Crippen molar-refractivity contribution < 1.29 is 21.2 Å². The molecule has 0 amide bonds. The number of nitrogens with zero attached hydrogens (tertiary/aromatic N) is 1. The number of rotatable bonds is 2. The van der Waals surface area contributed by atoms with Crippen LogP contribution in [0.5, 0.6) is 0 Å². The number of hydrogen-bond acceptors (Lipinski definition) is 6. The van der Waals surface area contributed by atoms with Gasteiger partial charge in [-0.05, 0) is 17.7 Å². The molecule has 0 aromatic heterocycles. The summed E-state index contributed by atoms with van der Waals surface area (Å²) in [6.07, 6.45) is 0. The van der Waals surface area contributed by atoms with E-state index in [0.717, 1.165) is 5.56 Å². The van der Waals surface area contributed by atoms with Gasteiger partial charge in [-0.2, -0.15) is 0 Å². The molecule has 0 unspecified atom stereocenters. The minimum atomic E-state index is -3.15. The van der Waals surface area contributed by atoms with Gasteiger partial charge >= 0.3 is 0 Å². The molecule has 6 nitrogen and oxygen atoms in total. The molecule has 0 spiro atoms. The van der Waals surface area contributed by atoms with E-state index in [0.29, 0.717) is 6.54 Å². The van der Waals surface area contributed by atoms with Crippen molar-refractivity contribution in [3.8, 4) is 0 Å². The molecule has 24 heavy (non-hydrogen) atoms. The topological polar surface area (TPSA) is 83.5 Å². The van der Waals surface area contributed by atoms with Gasteiger partial charge in [-0.3, -0.25) is 4.90 Å². The summed E-state index contributed by atoms with van der Waals surface area (Å²) in [5.74, 6) is -0.262. The minimum absolute atomic E-state index is 0.0171. The van der Waals surface area contributed by atoms with Crippen LogP contribution in [0, 0.1) is 5.82 Å². The lowest BCUT2D eigenvalue weighted by molar-refractivity contribution is 0.0677. The van der Waals surface area contributed by atoms with Crippen molar-refractivity contribution in [1.29, 1.82) is 0 Å². The summed E-state index contributed by atoms with van der Waals surface area (Å²) in [6.45, 7) is 0.354. The van der Waals surface area contributed by atoms with Gasteiger partial charge in [0.2, 0.25) is 0 Å². The highest BCUT2D eigenvalue weighted by molar-refractivity contribution is 7.92. The van der Waals surface area contributed by atoms with E-state index in [1.807, 2.05) is 4.90 Å². The SMILES string of the molecule is O=S1(=O)C[C@@H]2N[C@@H]3CS(=O)(=O)C[C@H]3N(Cc3cccc(F)c3)[C@@H]2C1. The van der Waals surface area contributed by atoms with Crippen LogP contribution >= 0.6 is 0 Å². The van der Waals surface area contributed by atoms with Crippen molar-refractivity contribution in [1.82, 2.24) is 10.2 Å². The Hall–Kier alpha value is -1.03. The molecule has 1 aromatic rings. The first kappa shape index (κ1) is 16.4. The zero-order chi connectivity index (χ0) is 17.1. The second kappa shape index (κ2) is 5.48. The largest absolute Gasteiger partial charge is 0.306 e. The Kier molecular flexibility index (Phi) is 3.76. The first-order valence-corrected chi connectivity index (χ1v) is 11.5. The zero-order valence-corrected chi connectivity index (χ0v) is 14.6. The first-order valence-electron chi connectivity index (χ1n) is 7.89. The Morgan fingerprint density at radius 2 is 1.58 bits per heavy atom. The average Bonchev–Trinajstić information content (AvgIpc) is 2.92. The summed E-state index contributed by atoms with van der Waals surface area (Å²) in [5.41, 5.74) is 0.725. The molecule has 3 saturated heterocycles. The van der Waals surface area contributed by atoms with Gasteiger partial charge < -0.3 is 5.32 Å². The summed E-state index contributed by atoms with van der Waals surface area (Å²) in [4.78, 5) is 1.97. The number of nitrogens with one attached hydrogen (secondary N) is 1. The zero-order valence-electron chi connectivity index (χ0n) is 12.9. The van der Waals surface area contributed by atoms with Crippen LogP contribution in [-0.2, 0) is 26.2 Å². The van der Waals surface area contributed by atoms with Crippen LogP contribution in [0.3, 0.4) is 0 Å². The maximum absolute atomic E-state index is 13.5. The molecular formula is C15H19FN2O4S2. The maximum Gasteiger partial charge on any atom is 0.153 e. The van der Waals surface area contributed by atoms with Crippen molar-refractivity contribution >= 4 is 19.7 Å². The number of fused-ring (bicyclic) bond motifs is 2.